The molecule has 0 atom stereocenters. The van der Waals surface area contributed by atoms with Crippen LogP contribution in [0.2, 0.25) is 0 Å². The van der Waals surface area contributed by atoms with Gasteiger partial charge in [-0.05, 0) is 20.8 Å². The Hall–Kier alpha value is -1.92. The number of carbonyl (C=O) groups is 4. The zero-order valence-electron chi connectivity index (χ0n) is 26.7. The van der Waals surface area contributed by atoms with E-state index in [0.717, 1.165) is 0 Å². The highest BCUT2D eigenvalue weighted by Crippen LogP contribution is 1.95. The minimum Gasteiger partial charge on any atom is -0.377 e. The van der Waals surface area contributed by atoms with Crippen LogP contribution in [-0.2, 0) is 66.5 Å². The van der Waals surface area contributed by atoms with Crippen molar-refractivity contribution in [1.29, 1.82) is 0 Å². The maximum atomic E-state index is 12.7. The Labute approximate surface area is 260 Å². The first-order valence-corrected chi connectivity index (χ1v) is 14.9. The van der Waals surface area contributed by atoms with E-state index in [9.17, 15) is 19.2 Å². The van der Waals surface area contributed by atoms with Crippen molar-refractivity contribution in [1.82, 2.24) is 4.90 Å². The smallest absolute Gasteiger partial charge is 0.248 e. The predicted molar refractivity (Wildman–Crippen MR) is 157 cm³/mol. The topological polar surface area (TPSA) is 164 Å². The molecule has 258 valence electrons. The van der Waals surface area contributed by atoms with Crippen LogP contribution < -0.4 is 0 Å². The summed E-state index contributed by atoms with van der Waals surface area (Å²) in [6.07, 6.45) is 0. The number of Topliss-reactive ketones (excluding diaryl/α,β-unsaturated/α-hetero) is 3. The lowest BCUT2D eigenvalue weighted by atomic mass is 10.4. The Balaban J connectivity index is 4.10. The first-order valence-electron chi connectivity index (χ1n) is 14.9. The van der Waals surface area contributed by atoms with Crippen LogP contribution in [0.5, 0.6) is 0 Å². The molecular formula is C29H53NO14. The number of ether oxygens (including phenoxy) is 10. The fourth-order valence-electron chi connectivity index (χ4n) is 3.05. The third-order valence-corrected chi connectivity index (χ3v) is 5.11. The zero-order chi connectivity index (χ0) is 32.5. The van der Waals surface area contributed by atoms with Gasteiger partial charge in [-0.25, -0.2) is 0 Å². The summed E-state index contributed by atoms with van der Waals surface area (Å²) >= 11 is 0. The summed E-state index contributed by atoms with van der Waals surface area (Å²) in [4.78, 5) is 46.8. The first kappa shape index (κ1) is 42.1. The van der Waals surface area contributed by atoms with Crippen LogP contribution >= 0.6 is 0 Å². The fraction of sp³-hybridized carbons (Fsp3) is 0.862. The van der Waals surface area contributed by atoms with Gasteiger partial charge in [0.2, 0.25) is 5.91 Å². The lowest BCUT2D eigenvalue weighted by Gasteiger charge is -2.23. The van der Waals surface area contributed by atoms with Gasteiger partial charge in [-0.3, -0.25) is 19.2 Å². The van der Waals surface area contributed by atoms with Gasteiger partial charge in [0.15, 0.2) is 17.3 Å². The molecule has 0 radical (unpaired) electrons. The van der Waals surface area contributed by atoms with Crippen LogP contribution in [0.15, 0.2) is 0 Å². The van der Waals surface area contributed by atoms with Crippen molar-refractivity contribution < 1.29 is 66.5 Å². The quantitative estimate of drug-likeness (QED) is 0.0834. The molecule has 0 aliphatic rings. The molecule has 0 aromatic rings. The maximum absolute atomic E-state index is 12.7. The van der Waals surface area contributed by atoms with E-state index in [0.29, 0.717) is 112 Å². The SMILES string of the molecule is CC(=O)COCCOCCOCCOCC(=O)N(CCOCCOCCOCC(C)=O)CCOCCOCCOCC(C)=O. The molecule has 0 aromatic carbocycles. The lowest BCUT2D eigenvalue weighted by Crippen LogP contribution is -2.39. The van der Waals surface area contributed by atoms with Gasteiger partial charge in [0.05, 0.1) is 106 Å². The highest BCUT2D eigenvalue weighted by molar-refractivity contribution is 5.77. The van der Waals surface area contributed by atoms with Gasteiger partial charge < -0.3 is 52.3 Å². The van der Waals surface area contributed by atoms with E-state index in [1.165, 1.54) is 20.8 Å². The lowest BCUT2D eigenvalue weighted by molar-refractivity contribution is -0.138. The van der Waals surface area contributed by atoms with Crippen LogP contribution in [-0.4, -0.2) is 173 Å². The summed E-state index contributed by atoms with van der Waals surface area (Å²) in [6.45, 7) is 10.6. The van der Waals surface area contributed by atoms with Crippen LogP contribution in [0.4, 0.5) is 0 Å². The molecule has 0 bridgehead atoms. The molecule has 0 saturated heterocycles. The summed E-state index contributed by atoms with van der Waals surface area (Å²) in [5, 5.41) is 0. The van der Waals surface area contributed by atoms with Crippen LogP contribution in [0, 0.1) is 0 Å². The van der Waals surface area contributed by atoms with E-state index >= 15 is 0 Å². The Kier molecular flexibility index (Phi) is 31.1. The van der Waals surface area contributed by atoms with Gasteiger partial charge in [0.25, 0.3) is 0 Å². The third-order valence-electron chi connectivity index (χ3n) is 5.11. The Bertz CT molecular complexity index is 690. The molecule has 15 nitrogen and oxygen atoms in total. The van der Waals surface area contributed by atoms with Crippen LogP contribution in [0.25, 0.3) is 0 Å². The van der Waals surface area contributed by atoms with Crippen molar-refractivity contribution in [3.63, 3.8) is 0 Å². The van der Waals surface area contributed by atoms with Crippen molar-refractivity contribution in [3.8, 4) is 0 Å². The Morgan fingerprint density at radius 3 is 0.841 bits per heavy atom. The number of nitrogens with zero attached hydrogens (tertiary/aromatic N) is 1. The van der Waals surface area contributed by atoms with Gasteiger partial charge in [0, 0.05) is 13.1 Å². The number of carbonyl (C=O) groups excluding carboxylic acids is 4. The van der Waals surface area contributed by atoms with Gasteiger partial charge in [-0.1, -0.05) is 0 Å². The zero-order valence-corrected chi connectivity index (χ0v) is 26.7. The van der Waals surface area contributed by atoms with Crippen molar-refractivity contribution >= 4 is 23.3 Å². The highest BCUT2D eigenvalue weighted by Gasteiger charge is 2.13. The van der Waals surface area contributed by atoms with Gasteiger partial charge in [-0.15, -0.1) is 0 Å². The summed E-state index contributed by atoms with van der Waals surface area (Å²) in [7, 11) is 0. The summed E-state index contributed by atoms with van der Waals surface area (Å²) in [5.74, 6) is -0.312. The Morgan fingerprint density at radius 2 is 0.568 bits per heavy atom. The Morgan fingerprint density at radius 1 is 0.341 bits per heavy atom. The molecule has 0 aliphatic carbocycles. The molecule has 44 heavy (non-hydrogen) atoms. The van der Waals surface area contributed by atoms with E-state index in [1.54, 1.807) is 4.90 Å². The first-order chi connectivity index (χ1) is 21.3. The van der Waals surface area contributed by atoms with E-state index in [4.69, 9.17) is 47.4 Å². The number of hydrogen-bond acceptors (Lipinski definition) is 14. The molecule has 0 saturated carbocycles. The van der Waals surface area contributed by atoms with Crippen LogP contribution in [0.1, 0.15) is 20.8 Å². The minimum atomic E-state index is -0.205. The van der Waals surface area contributed by atoms with Crippen molar-refractivity contribution in [2.75, 3.05) is 145 Å². The monoisotopic (exact) mass is 639 g/mol. The molecule has 0 rings (SSSR count). The van der Waals surface area contributed by atoms with Crippen LogP contribution in [0.3, 0.4) is 0 Å². The largest absolute Gasteiger partial charge is 0.377 e. The summed E-state index contributed by atoms with van der Waals surface area (Å²) < 4.78 is 53.5. The second-order valence-electron chi connectivity index (χ2n) is 9.37. The average Bonchev–Trinajstić information content (AvgIpc) is 2.97. The van der Waals surface area contributed by atoms with Crippen molar-refractivity contribution in [2.24, 2.45) is 0 Å². The van der Waals surface area contributed by atoms with Gasteiger partial charge in [-0.2, -0.15) is 0 Å². The number of hydrogen-bond donors (Lipinski definition) is 0. The third kappa shape index (κ3) is 33.0. The number of ketones is 3. The average molecular weight is 640 g/mol. The molecule has 1 amide bonds. The van der Waals surface area contributed by atoms with E-state index in [1.807, 2.05) is 0 Å². The molecule has 0 aromatic heterocycles. The maximum Gasteiger partial charge on any atom is 0.248 e. The van der Waals surface area contributed by atoms with E-state index in [-0.39, 0.29) is 56.3 Å². The van der Waals surface area contributed by atoms with Gasteiger partial charge >= 0.3 is 0 Å². The van der Waals surface area contributed by atoms with Gasteiger partial charge in [0.1, 0.15) is 26.4 Å². The normalized spacial score (nSPS) is 11.2. The molecule has 0 spiro atoms. The molecule has 0 aliphatic heterocycles. The molecule has 0 heterocycles. The molecule has 0 unspecified atom stereocenters. The van der Waals surface area contributed by atoms with E-state index < -0.39 is 0 Å². The predicted octanol–water partition coefficient (Wildman–Crippen LogP) is -0.252. The fourth-order valence-corrected chi connectivity index (χ4v) is 3.05. The van der Waals surface area contributed by atoms with E-state index in [2.05, 4.69) is 0 Å². The number of amides is 1. The standard InChI is InChI=1S/C29H53NO14/c1-26(31)22-41-18-14-37-10-8-35-6-4-30(5-7-36-9-11-38-15-19-42-23-27(2)32)29(34)25-44-21-17-40-13-12-39-16-20-43-24-28(3)33/h4-25H2,1-3H3. The minimum absolute atomic E-state index is 0.0319. The second-order valence-corrected chi connectivity index (χ2v) is 9.37. The molecule has 15 heteroatoms. The summed E-state index contributed by atoms with van der Waals surface area (Å²) in [6, 6.07) is 0. The highest BCUT2D eigenvalue weighted by atomic mass is 16.6. The summed E-state index contributed by atoms with van der Waals surface area (Å²) in [5.41, 5.74) is 0. The van der Waals surface area contributed by atoms with Crippen molar-refractivity contribution in [2.45, 2.75) is 20.8 Å². The number of rotatable bonds is 35. The molecule has 0 N–H and O–H groups in total. The molecular weight excluding hydrogens is 586 g/mol. The van der Waals surface area contributed by atoms with Crippen molar-refractivity contribution in [3.05, 3.63) is 0 Å². The molecule has 0 fully saturated rings. The second kappa shape index (κ2) is 32.5.